The molecule has 3 aromatic heterocycles. The molecule has 1 atom stereocenters. The molecule has 2 aliphatic rings. The summed E-state index contributed by atoms with van der Waals surface area (Å²) in [6, 6.07) is 4.81. The summed E-state index contributed by atoms with van der Waals surface area (Å²) in [5, 5.41) is 13.6. The van der Waals surface area contributed by atoms with Crippen LogP contribution in [0.3, 0.4) is 0 Å². The van der Waals surface area contributed by atoms with Gasteiger partial charge in [0.15, 0.2) is 0 Å². The number of nitrogens with two attached hydrogens (primary N) is 1. The molecular weight excluding hydrogens is 595 g/mol. The topological polar surface area (TPSA) is 152 Å². The average molecular weight is 626 g/mol. The molecule has 14 heteroatoms. The summed E-state index contributed by atoms with van der Waals surface area (Å²) in [6.07, 6.45) is 4.55. The molecule has 12 nitrogen and oxygen atoms in total. The normalized spacial score (nSPS) is 16.9. The maximum Gasteiger partial charge on any atom is 0.263 e. The van der Waals surface area contributed by atoms with Crippen molar-refractivity contribution in [3.05, 3.63) is 62.4 Å². The van der Waals surface area contributed by atoms with E-state index in [4.69, 9.17) is 33.9 Å². The molecule has 4 aromatic rings. The van der Waals surface area contributed by atoms with Crippen molar-refractivity contribution in [1.82, 2.24) is 24.0 Å². The Morgan fingerprint density at radius 1 is 1.16 bits per heavy atom. The van der Waals surface area contributed by atoms with Gasteiger partial charge in [-0.1, -0.05) is 23.2 Å². The fourth-order valence-electron chi connectivity index (χ4n) is 5.91. The van der Waals surface area contributed by atoms with Crippen molar-refractivity contribution < 1.29 is 14.7 Å². The lowest BCUT2D eigenvalue weighted by atomic mass is 10.0. The van der Waals surface area contributed by atoms with Crippen molar-refractivity contribution in [3.8, 4) is 16.9 Å². The number of carbonyl (C=O) groups is 2. The minimum absolute atomic E-state index is 0.100. The van der Waals surface area contributed by atoms with E-state index in [1.165, 1.54) is 18.3 Å². The van der Waals surface area contributed by atoms with Crippen molar-refractivity contribution in [3.63, 3.8) is 0 Å². The van der Waals surface area contributed by atoms with Gasteiger partial charge in [0.05, 0.1) is 32.9 Å². The van der Waals surface area contributed by atoms with Crippen LogP contribution in [-0.4, -0.2) is 73.6 Å². The number of amides is 2. The van der Waals surface area contributed by atoms with E-state index in [0.29, 0.717) is 52.1 Å². The Morgan fingerprint density at radius 3 is 2.70 bits per heavy atom. The summed E-state index contributed by atoms with van der Waals surface area (Å²) in [7, 11) is 2.08. The molecule has 0 radical (unpaired) electrons. The number of halogens is 2. The van der Waals surface area contributed by atoms with E-state index in [1.807, 2.05) is 0 Å². The number of hydrogen-bond donors (Lipinski definition) is 3. The maximum atomic E-state index is 13.7. The van der Waals surface area contributed by atoms with E-state index in [9.17, 15) is 19.5 Å². The zero-order valence-corrected chi connectivity index (χ0v) is 25.1. The molecule has 0 aliphatic carbocycles. The van der Waals surface area contributed by atoms with Crippen LogP contribution in [0, 0.1) is 0 Å². The number of rotatable bonds is 6. The van der Waals surface area contributed by atoms with Gasteiger partial charge in [0, 0.05) is 56.5 Å². The number of aryl methyl sites for hydroxylation is 1. The molecule has 0 spiro atoms. The van der Waals surface area contributed by atoms with Gasteiger partial charge in [-0.15, -0.1) is 0 Å². The second-order valence-corrected chi connectivity index (χ2v) is 11.9. The number of anilines is 2. The molecule has 1 aromatic carbocycles. The van der Waals surface area contributed by atoms with Crippen LogP contribution in [0.15, 0.2) is 35.4 Å². The van der Waals surface area contributed by atoms with Gasteiger partial charge in [-0.25, -0.2) is 9.97 Å². The van der Waals surface area contributed by atoms with Crippen molar-refractivity contribution in [2.45, 2.75) is 38.9 Å². The first-order valence-electron chi connectivity index (χ1n) is 13.9. The maximum absolute atomic E-state index is 13.7. The van der Waals surface area contributed by atoms with Crippen LogP contribution in [0.4, 0.5) is 11.5 Å². The number of benzene rings is 1. The van der Waals surface area contributed by atoms with Crippen LogP contribution >= 0.6 is 23.2 Å². The summed E-state index contributed by atoms with van der Waals surface area (Å²) in [6.45, 7) is 5.04. The lowest BCUT2D eigenvalue weighted by Gasteiger charge is -2.39. The van der Waals surface area contributed by atoms with Crippen molar-refractivity contribution in [2.75, 3.05) is 36.9 Å². The monoisotopic (exact) mass is 624 g/mol. The highest BCUT2D eigenvalue weighted by atomic mass is 35.5. The molecule has 4 N–H and O–H groups in total. The molecule has 2 aliphatic heterocycles. The van der Waals surface area contributed by atoms with Gasteiger partial charge in [0.25, 0.3) is 11.5 Å². The minimum Gasteiger partial charge on any atom is -0.506 e. The van der Waals surface area contributed by atoms with Crippen LogP contribution in [0.5, 0.6) is 5.75 Å². The highest BCUT2D eigenvalue weighted by molar-refractivity contribution is 6.34. The zero-order valence-electron chi connectivity index (χ0n) is 23.6. The Kier molecular flexibility index (Phi) is 7.53. The first-order chi connectivity index (χ1) is 20.5. The predicted molar refractivity (Wildman–Crippen MR) is 165 cm³/mol. The molecular formula is C29H30Cl2N8O4. The average Bonchev–Trinajstić information content (AvgIpc) is 3.57. The van der Waals surface area contributed by atoms with Crippen LogP contribution in [-0.2, 0) is 24.3 Å². The second kappa shape index (κ2) is 11.2. The quantitative estimate of drug-likeness (QED) is 0.296. The fraction of sp³-hybridized carbons (Fsp3) is 0.345. The molecule has 0 saturated carbocycles. The Bertz CT molecular complexity index is 1850. The Labute approximate surface area is 256 Å². The third-order valence-electron chi connectivity index (χ3n) is 8.03. The van der Waals surface area contributed by atoms with Gasteiger partial charge in [-0.05, 0) is 38.1 Å². The molecule has 1 saturated heterocycles. The standard InChI is InChI=1S/C29H30Cl2N8O4/c1-15-12-36(2)6-7-38(15)23-10-21(20(31)11-33-23)34-24(40)14-37-13-18(16-8-17(27(32)42)26(41)19(30)9-16)25-28(37)35-22-4-3-5-39(22)29(25)43/h8-11,13,15,41H,3-7,12,14H2,1-2H3,(H2,32,42)(H,33,34,40). The molecule has 5 heterocycles. The number of pyridine rings is 1. The summed E-state index contributed by atoms with van der Waals surface area (Å²) >= 11 is 12.7. The number of carbonyl (C=O) groups excluding carboxylic acids is 2. The van der Waals surface area contributed by atoms with Gasteiger partial charge >= 0.3 is 0 Å². The van der Waals surface area contributed by atoms with E-state index >= 15 is 0 Å². The number of aromatic nitrogens is 4. The van der Waals surface area contributed by atoms with Gasteiger partial charge < -0.3 is 30.5 Å². The summed E-state index contributed by atoms with van der Waals surface area (Å²) < 4.78 is 3.20. The number of hydrogen-bond acceptors (Lipinski definition) is 8. The van der Waals surface area contributed by atoms with E-state index in [-0.39, 0.29) is 34.1 Å². The highest BCUT2D eigenvalue weighted by Gasteiger charge is 2.26. The summed E-state index contributed by atoms with van der Waals surface area (Å²) in [5.74, 6) is -0.365. The van der Waals surface area contributed by atoms with E-state index < -0.39 is 17.6 Å². The first-order valence-corrected chi connectivity index (χ1v) is 14.6. The number of fused-ring (bicyclic) bond motifs is 2. The lowest BCUT2D eigenvalue weighted by Crippen LogP contribution is -2.50. The molecule has 1 fully saturated rings. The van der Waals surface area contributed by atoms with E-state index in [0.717, 1.165) is 26.1 Å². The zero-order chi connectivity index (χ0) is 30.6. The van der Waals surface area contributed by atoms with Gasteiger partial charge in [0.1, 0.15) is 29.6 Å². The number of likely N-dealkylation sites (N-methyl/N-ethyl adjacent to an activating group) is 1. The van der Waals surface area contributed by atoms with Gasteiger partial charge in [-0.2, -0.15) is 0 Å². The third-order valence-corrected chi connectivity index (χ3v) is 8.62. The summed E-state index contributed by atoms with van der Waals surface area (Å²) in [4.78, 5) is 52.8. The molecule has 0 bridgehead atoms. The van der Waals surface area contributed by atoms with E-state index in [2.05, 4.69) is 34.1 Å². The Morgan fingerprint density at radius 2 is 1.95 bits per heavy atom. The number of nitrogens with zero attached hydrogens (tertiary/aromatic N) is 6. The van der Waals surface area contributed by atoms with Crippen LogP contribution in [0.2, 0.25) is 10.0 Å². The molecule has 224 valence electrons. The molecule has 2 amide bonds. The van der Waals surface area contributed by atoms with Gasteiger partial charge in [-0.3, -0.25) is 19.0 Å². The second-order valence-electron chi connectivity index (χ2n) is 11.1. The molecule has 1 unspecified atom stereocenters. The number of nitrogens with one attached hydrogen (secondary N) is 1. The highest BCUT2D eigenvalue weighted by Crippen LogP contribution is 2.36. The fourth-order valence-corrected chi connectivity index (χ4v) is 6.28. The molecule has 43 heavy (non-hydrogen) atoms. The van der Waals surface area contributed by atoms with Crippen molar-refractivity contribution in [2.24, 2.45) is 5.73 Å². The predicted octanol–water partition coefficient (Wildman–Crippen LogP) is 3.10. The number of aromatic hydroxyl groups is 1. The van der Waals surface area contributed by atoms with Gasteiger partial charge in [0.2, 0.25) is 5.91 Å². The minimum atomic E-state index is -0.875. The first kappa shape index (κ1) is 29.0. The van der Waals surface area contributed by atoms with Crippen molar-refractivity contribution in [1.29, 1.82) is 0 Å². The van der Waals surface area contributed by atoms with Crippen molar-refractivity contribution >= 4 is 57.6 Å². The van der Waals surface area contributed by atoms with Crippen LogP contribution in [0.1, 0.15) is 29.5 Å². The van der Waals surface area contributed by atoms with E-state index in [1.54, 1.807) is 21.4 Å². The lowest BCUT2D eigenvalue weighted by molar-refractivity contribution is -0.116. The summed E-state index contributed by atoms with van der Waals surface area (Å²) in [5.41, 5.74) is 6.53. The Balaban J connectivity index is 1.37. The van der Waals surface area contributed by atoms with Crippen LogP contribution in [0.25, 0.3) is 22.2 Å². The number of phenols is 1. The number of piperazine rings is 1. The molecule has 6 rings (SSSR count). The SMILES string of the molecule is CC1CN(C)CCN1c1cc(NC(=O)Cn2cc(-c3cc(Cl)c(O)c(C(N)=O)c3)c3c(=O)n4c(nc32)CCC4)c(Cl)cn1. The number of primary amides is 1. The van der Waals surface area contributed by atoms with Crippen LogP contribution < -0.4 is 21.5 Å². The Hall–Kier alpha value is -4.13. The third kappa shape index (κ3) is 5.30. The smallest absolute Gasteiger partial charge is 0.263 e. The largest absolute Gasteiger partial charge is 0.506 e.